The minimum absolute atomic E-state index is 0.0156. The summed E-state index contributed by atoms with van der Waals surface area (Å²) in [5, 5.41) is 10.5. The van der Waals surface area contributed by atoms with Gasteiger partial charge in [0.05, 0.1) is 27.6 Å². The molecule has 2 aliphatic heterocycles. The summed E-state index contributed by atoms with van der Waals surface area (Å²) in [6, 6.07) is 18.7. The minimum Gasteiger partial charge on any atom is -0.457 e. The third-order valence-electron chi connectivity index (χ3n) is 4.82. The summed E-state index contributed by atoms with van der Waals surface area (Å²) in [5.74, 6) is 1.19. The molecule has 0 spiro atoms. The zero-order valence-electron chi connectivity index (χ0n) is 16.8. The Kier molecular flexibility index (Phi) is 6.16. The van der Waals surface area contributed by atoms with Gasteiger partial charge in [-0.2, -0.15) is 9.39 Å². The number of hydrogen-bond acceptors (Lipinski definition) is 6. The molecule has 3 heterocycles. The second kappa shape index (κ2) is 9.23. The number of fused-ring (bicyclic) bond motifs is 1. The molecule has 1 aromatic heterocycles. The average molecular weight is 513 g/mol. The number of furan rings is 1. The molecule has 0 unspecified atom stereocenters. The number of carbonyl (C=O) groups is 1. The molecule has 0 atom stereocenters. The fourth-order valence-corrected chi connectivity index (χ4v) is 5.29. The zero-order chi connectivity index (χ0) is 22.9. The lowest BCUT2D eigenvalue weighted by Crippen LogP contribution is -2.41. The van der Waals surface area contributed by atoms with Gasteiger partial charge >= 0.3 is 0 Å². The number of nitrogens with one attached hydrogen (secondary N) is 1. The maximum absolute atomic E-state index is 12.6. The number of thioether (sulfide) groups is 1. The molecule has 0 bridgehead atoms. The topological polar surface area (TPSA) is 82.0 Å². The molecule has 10 heteroatoms. The minimum atomic E-state index is -0.504. The fourth-order valence-electron chi connectivity index (χ4n) is 3.19. The molecule has 3 aromatic rings. The molecule has 1 N–H and O–H groups in total. The molecule has 5 rings (SSSR count). The lowest BCUT2D eigenvalue weighted by molar-refractivity contribution is -0.114. The van der Waals surface area contributed by atoms with Crippen molar-refractivity contribution in [3.8, 4) is 11.3 Å². The van der Waals surface area contributed by atoms with Gasteiger partial charge in [0.25, 0.3) is 5.91 Å². The van der Waals surface area contributed by atoms with Gasteiger partial charge in [-0.1, -0.05) is 65.3 Å². The number of benzene rings is 2. The van der Waals surface area contributed by atoms with Crippen LogP contribution >= 0.6 is 46.9 Å². The highest BCUT2D eigenvalue weighted by molar-refractivity contribution is 8.18. The first kappa shape index (κ1) is 22.0. The van der Waals surface area contributed by atoms with Gasteiger partial charge in [-0.3, -0.25) is 10.2 Å². The molecule has 0 radical (unpaired) electrons. The zero-order valence-corrected chi connectivity index (χ0v) is 19.9. The van der Waals surface area contributed by atoms with Crippen LogP contribution in [0, 0.1) is 5.41 Å². The molecule has 2 aliphatic rings. The van der Waals surface area contributed by atoms with Gasteiger partial charge in [-0.25, -0.2) is 4.90 Å². The SMILES string of the molecule is N=C1/C(=C/c2ccc(-c3ccc(Cl)c(Cl)c3)o2)C(=O)N=C2SN=C(SCc3ccccc3)N12. The smallest absolute Gasteiger partial charge is 0.283 e. The Morgan fingerprint density at radius 1 is 1.09 bits per heavy atom. The highest BCUT2D eigenvalue weighted by Crippen LogP contribution is 2.34. The van der Waals surface area contributed by atoms with Crippen LogP contribution in [0.5, 0.6) is 0 Å². The highest BCUT2D eigenvalue weighted by Gasteiger charge is 2.37. The van der Waals surface area contributed by atoms with E-state index in [1.807, 2.05) is 30.3 Å². The van der Waals surface area contributed by atoms with Gasteiger partial charge in [0, 0.05) is 11.3 Å². The maximum Gasteiger partial charge on any atom is 0.283 e. The molecule has 0 aliphatic carbocycles. The van der Waals surface area contributed by atoms with Crippen LogP contribution in [0.2, 0.25) is 10.0 Å². The lowest BCUT2D eigenvalue weighted by atomic mass is 10.1. The van der Waals surface area contributed by atoms with Crippen LogP contribution in [0.15, 0.2) is 80.0 Å². The number of rotatable bonds is 4. The predicted molar refractivity (Wildman–Crippen MR) is 137 cm³/mol. The maximum atomic E-state index is 12.6. The summed E-state index contributed by atoms with van der Waals surface area (Å²) in [7, 11) is 0. The first-order valence-corrected chi connectivity index (χ1v) is 12.2. The Bertz CT molecular complexity index is 1370. The van der Waals surface area contributed by atoms with Gasteiger partial charge in [0.15, 0.2) is 5.17 Å². The van der Waals surface area contributed by atoms with Gasteiger partial charge < -0.3 is 4.42 Å². The van der Waals surface area contributed by atoms with E-state index in [0.717, 1.165) is 23.1 Å². The summed E-state index contributed by atoms with van der Waals surface area (Å²) in [6.07, 6.45) is 1.52. The number of hydrogen-bond donors (Lipinski definition) is 1. The van der Waals surface area contributed by atoms with Crippen LogP contribution in [-0.4, -0.2) is 27.0 Å². The average Bonchev–Trinajstić information content (AvgIpc) is 3.45. The van der Waals surface area contributed by atoms with E-state index >= 15 is 0 Å². The van der Waals surface area contributed by atoms with Crippen molar-refractivity contribution in [1.82, 2.24) is 4.90 Å². The Morgan fingerprint density at radius 2 is 1.91 bits per heavy atom. The van der Waals surface area contributed by atoms with E-state index in [-0.39, 0.29) is 11.4 Å². The van der Waals surface area contributed by atoms with E-state index in [0.29, 0.717) is 37.7 Å². The van der Waals surface area contributed by atoms with Crippen molar-refractivity contribution in [2.45, 2.75) is 5.75 Å². The number of carbonyl (C=O) groups excluding carboxylic acids is 1. The van der Waals surface area contributed by atoms with E-state index in [4.69, 9.17) is 33.0 Å². The van der Waals surface area contributed by atoms with Crippen LogP contribution in [0.1, 0.15) is 11.3 Å². The second-order valence-electron chi connectivity index (χ2n) is 7.01. The summed E-state index contributed by atoms with van der Waals surface area (Å²) in [6.45, 7) is 0. The van der Waals surface area contributed by atoms with Crippen molar-refractivity contribution in [2.75, 3.05) is 0 Å². The van der Waals surface area contributed by atoms with E-state index in [1.54, 1.807) is 35.2 Å². The summed E-state index contributed by atoms with van der Waals surface area (Å²) in [4.78, 5) is 18.3. The van der Waals surface area contributed by atoms with E-state index in [9.17, 15) is 4.79 Å². The summed E-state index contributed by atoms with van der Waals surface area (Å²) < 4.78 is 10.3. The Labute approximate surface area is 208 Å². The van der Waals surface area contributed by atoms with Crippen LogP contribution in [0.4, 0.5) is 0 Å². The van der Waals surface area contributed by atoms with E-state index in [1.165, 1.54) is 17.8 Å². The number of amides is 1. The standard InChI is InChI=1S/C23H14Cl2N4O2S2/c24-17-8-6-14(10-18(17)25)19-9-7-15(31-19)11-16-20(26)29-22(27-21(16)30)33-28-23(29)32-12-13-4-2-1-3-5-13/h1-11,26H,12H2/b16-11-,26-20?. The third-order valence-corrected chi connectivity index (χ3v) is 7.39. The summed E-state index contributed by atoms with van der Waals surface area (Å²) in [5.41, 5.74) is 2.02. The molecule has 164 valence electrons. The molecule has 33 heavy (non-hydrogen) atoms. The normalized spacial score (nSPS) is 16.8. The van der Waals surface area contributed by atoms with Crippen molar-refractivity contribution in [3.63, 3.8) is 0 Å². The van der Waals surface area contributed by atoms with Gasteiger partial charge in [-0.15, -0.1) is 0 Å². The largest absolute Gasteiger partial charge is 0.457 e. The molecule has 0 saturated heterocycles. The van der Waals surface area contributed by atoms with Gasteiger partial charge in [0.2, 0.25) is 5.17 Å². The fraction of sp³-hybridized carbons (Fsp3) is 0.0435. The molecule has 1 amide bonds. The van der Waals surface area contributed by atoms with Crippen molar-refractivity contribution >= 4 is 75.1 Å². The van der Waals surface area contributed by atoms with E-state index < -0.39 is 5.91 Å². The van der Waals surface area contributed by atoms with Crippen molar-refractivity contribution in [2.24, 2.45) is 9.39 Å². The molecule has 2 aromatic carbocycles. The Hall–Kier alpha value is -2.78. The highest BCUT2D eigenvalue weighted by atomic mass is 35.5. The predicted octanol–water partition coefficient (Wildman–Crippen LogP) is 6.76. The molecular weight excluding hydrogens is 499 g/mol. The van der Waals surface area contributed by atoms with Crippen molar-refractivity contribution in [3.05, 3.63) is 87.6 Å². The van der Waals surface area contributed by atoms with Crippen LogP contribution in [0.25, 0.3) is 17.4 Å². The Morgan fingerprint density at radius 3 is 2.70 bits per heavy atom. The number of aliphatic imine (C=N–C) groups is 1. The summed E-state index contributed by atoms with van der Waals surface area (Å²) >= 11 is 14.7. The van der Waals surface area contributed by atoms with Crippen molar-refractivity contribution in [1.29, 1.82) is 5.41 Å². The van der Waals surface area contributed by atoms with Crippen LogP contribution < -0.4 is 0 Å². The number of halogens is 2. The number of nitrogens with zero attached hydrogens (tertiary/aromatic N) is 3. The van der Waals surface area contributed by atoms with Crippen LogP contribution in [0.3, 0.4) is 0 Å². The Balaban J connectivity index is 1.38. The van der Waals surface area contributed by atoms with Gasteiger partial charge in [-0.05, 0) is 42.0 Å². The first-order valence-electron chi connectivity index (χ1n) is 9.70. The molecule has 6 nitrogen and oxygen atoms in total. The van der Waals surface area contributed by atoms with E-state index in [2.05, 4.69) is 9.39 Å². The van der Waals surface area contributed by atoms with Gasteiger partial charge in [0.1, 0.15) is 17.4 Å². The molecule has 0 saturated carbocycles. The molecular formula is C23H14Cl2N4O2S2. The second-order valence-corrected chi connectivity index (χ2v) is 9.50. The van der Waals surface area contributed by atoms with Crippen LogP contribution in [-0.2, 0) is 10.5 Å². The lowest BCUT2D eigenvalue weighted by Gasteiger charge is -2.24. The van der Waals surface area contributed by atoms with Crippen molar-refractivity contribution < 1.29 is 9.21 Å². The first-order chi connectivity index (χ1) is 16.0. The molecule has 0 fully saturated rings. The third kappa shape index (κ3) is 4.52. The number of amidine groups is 3. The quantitative estimate of drug-likeness (QED) is 0.308. The monoisotopic (exact) mass is 512 g/mol.